The molecule has 1 aliphatic rings. The first kappa shape index (κ1) is 14.4. The van der Waals surface area contributed by atoms with Crippen molar-refractivity contribution in [1.82, 2.24) is 4.57 Å². The third-order valence-electron chi connectivity index (χ3n) is 3.12. The molecule has 5 nitrogen and oxygen atoms in total. The van der Waals surface area contributed by atoms with Gasteiger partial charge in [-0.1, -0.05) is 0 Å². The van der Waals surface area contributed by atoms with Gasteiger partial charge in [0, 0.05) is 22.9 Å². The molecule has 19 heavy (non-hydrogen) atoms. The lowest BCUT2D eigenvalue weighted by Crippen LogP contribution is -2.22. The summed E-state index contributed by atoms with van der Waals surface area (Å²) in [5, 5.41) is 0. The Morgan fingerprint density at radius 2 is 2.11 bits per heavy atom. The van der Waals surface area contributed by atoms with Crippen LogP contribution in [0.1, 0.15) is 49.6 Å². The monoisotopic (exact) mass is 305 g/mol. The van der Waals surface area contributed by atoms with Gasteiger partial charge in [0.05, 0.1) is 6.10 Å². The van der Waals surface area contributed by atoms with Crippen LogP contribution in [0.2, 0.25) is 0 Å². The molecular weight excluding hydrogens is 290 g/mol. The Morgan fingerprint density at radius 1 is 1.47 bits per heavy atom. The predicted octanol–water partition coefficient (Wildman–Crippen LogP) is 2.71. The van der Waals surface area contributed by atoms with Crippen molar-refractivity contribution in [2.24, 2.45) is 0 Å². The number of hydrogen-bond acceptors (Lipinski definition) is 4. The zero-order chi connectivity index (χ0) is 14.2. The molecule has 1 heterocycles. The van der Waals surface area contributed by atoms with Crippen LogP contribution in [0.5, 0.6) is 0 Å². The molecule has 0 unspecified atom stereocenters. The quantitative estimate of drug-likeness (QED) is 0.633. The smallest absolute Gasteiger partial charge is 0.355 e. The molecule has 1 saturated carbocycles. The van der Waals surface area contributed by atoms with Crippen LogP contribution >= 0.6 is 10.7 Å². The van der Waals surface area contributed by atoms with Crippen LogP contribution < -0.4 is 0 Å². The molecule has 0 aromatic carbocycles. The number of carbonyl (C=O) groups is 1. The van der Waals surface area contributed by atoms with E-state index in [1.807, 2.05) is 0 Å². The first-order valence-electron chi connectivity index (χ1n) is 6.16. The normalized spacial score (nSPS) is 16.4. The molecule has 2 rings (SSSR count). The lowest BCUT2D eigenvalue weighted by atomic mass is 9.93. The van der Waals surface area contributed by atoms with E-state index in [9.17, 15) is 13.2 Å². The number of hydrogen-bond donors (Lipinski definition) is 0. The van der Waals surface area contributed by atoms with Gasteiger partial charge in [-0.05, 0) is 39.2 Å². The highest BCUT2D eigenvalue weighted by Gasteiger charge is 2.28. The van der Waals surface area contributed by atoms with Crippen LogP contribution in [0.25, 0.3) is 0 Å². The summed E-state index contributed by atoms with van der Waals surface area (Å²) in [6, 6.07) is 1.44. The Morgan fingerprint density at radius 3 is 2.53 bits per heavy atom. The minimum atomic E-state index is -3.84. The summed E-state index contributed by atoms with van der Waals surface area (Å²) in [5.41, 5.74) is 0.248. The summed E-state index contributed by atoms with van der Waals surface area (Å²) < 4.78 is 29.5. The van der Waals surface area contributed by atoms with Gasteiger partial charge < -0.3 is 9.30 Å². The van der Waals surface area contributed by atoms with Gasteiger partial charge >= 0.3 is 5.97 Å². The second-order valence-corrected chi connectivity index (χ2v) is 7.51. The Balaban J connectivity index is 2.39. The van der Waals surface area contributed by atoms with Gasteiger partial charge in [-0.2, -0.15) is 0 Å². The molecule has 0 amide bonds. The molecule has 1 aliphatic carbocycles. The van der Waals surface area contributed by atoms with E-state index >= 15 is 0 Å². The predicted molar refractivity (Wildman–Crippen MR) is 70.9 cm³/mol. The van der Waals surface area contributed by atoms with Crippen LogP contribution in [0, 0.1) is 0 Å². The van der Waals surface area contributed by atoms with Crippen LogP contribution in [-0.4, -0.2) is 25.1 Å². The van der Waals surface area contributed by atoms with E-state index in [1.165, 1.54) is 12.3 Å². The number of rotatable bonds is 4. The summed E-state index contributed by atoms with van der Waals surface area (Å²) >= 11 is 0. The van der Waals surface area contributed by atoms with Crippen molar-refractivity contribution in [2.75, 3.05) is 0 Å². The summed E-state index contributed by atoms with van der Waals surface area (Å²) in [4.78, 5) is 11.9. The number of esters is 1. The summed E-state index contributed by atoms with van der Waals surface area (Å²) in [5.74, 6) is -0.520. The lowest BCUT2D eigenvalue weighted by molar-refractivity contribution is 0.0359. The van der Waals surface area contributed by atoms with Crippen molar-refractivity contribution in [3.05, 3.63) is 18.0 Å². The second kappa shape index (κ2) is 5.17. The van der Waals surface area contributed by atoms with Crippen molar-refractivity contribution < 1.29 is 17.9 Å². The SMILES string of the molecule is CC(C)OC(=O)c1cc(S(=O)(=O)Cl)cn1C1CCC1. The van der Waals surface area contributed by atoms with Crippen LogP contribution in [0.3, 0.4) is 0 Å². The second-order valence-electron chi connectivity index (χ2n) is 4.94. The number of nitrogens with zero attached hydrogens (tertiary/aromatic N) is 1. The molecule has 1 aromatic heterocycles. The molecule has 1 fully saturated rings. The molecule has 0 saturated heterocycles. The maximum Gasteiger partial charge on any atom is 0.355 e. The zero-order valence-electron chi connectivity index (χ0n) is 10.8. The van der Waals surface area contributed by atoms with E-state index in [-0.39, 0.29) is 22.7 Å². The maximum atomic E-state index is 12.0. The molecule has 0 N–H and O–H groups in total. The van der Waals surface area contributed by atoms with Crippen molar-refractivity contribution in [3.63, 3.8) is 0 Å². The molecule has 106 valence electrons. The molecule has 7 heteroatoms. The van der Waals surface area contributed by atoms with Gasteiger partial charge in [0.15, 0.2) is 0 Å². The maximum absolute atomic E-state index is 12.0. The third-order valence-corrected chi connectivity index (χ3v) is 4.45. The molecule has 0 spiro atoms. The van der Waals surface area contributed by atoms with E-state index in [1.54, 1.807) is 18.4 Å². The fourth-order valence-corrected chi connectivity index (χ4v) is 2.74. The fraction of sp³-hybridized carbons (Fsp3) is 0.583. The highest BCUT2D eigenvalue weighted by molar-refractivity contribution is 8.13. The van der Waals surface area contributed by atoms with E-state index in [0.29, 0.717) is 0 Å². The van der Waals surface area contributed by atoms with Crippen molar-refractivity contribution in [1.29, 1.82) is 0 Å². The Labute approximate surface area is 116 Å². The number of ether oxygens (including phenoxy) is 1. The van der Waals surface area contributed by atoms with Gasteiger partial charge in [0.2, 0.25) is 0 Å². The van der Waals surface area contributed by atoms with Gasteiger partial charge in [-0.25, -0.2) is 13.2 Å². The number of carbonyl (C=O) groups excluding carboxylic acids is 1. The fourth-order valence-electron chi connectivity index (χ4n) is 1.99. The molecule has 0 atom stereocenters. The molecule has 0 radical (unpaired) electrons. The van der Waals surface area contributed by atoms with Crippen LogP contribution in [0.15, 0.2) is 17.2 Å². The minimum Gasteiger partial charge on any atom is -0.458 e. The third kappa shape index (κ3) is 3.12. The lowest BCUT2D eigenvalue weighted by Gasteiger charge is -2.28. The molecule has 0 bridgehead atoms. The highest BCUT2D eigenvalue weighted by atomic mass is 35.7. The Kier molecular flexibility index (Phi) is 3.92. The summed E-state index contributed by atoms with van der Waals surface area (Å²) in [6.07, 6.45) is 4.10. The van der Waals surface area contributed by atoms with Crippen molar-refractivity contribution in [2.45, 2.75) is 50.2 Å². The van der Waals surface area contributed by atoms with E-state index in [4.69, 9.17) is 15.4 Å². The number of halogens is 1. The van der Waals surface area contributed by atoms with Crippen LogP contribution in [-0.2, 0) is 13.8 Å². The summed E-state index contributed by atoms with van der Waals surface area (Å²) in [7, 11) is 1.49. The van der Waals surface area contributed by atoms with Gasteiger partial charge in [0.1, 0.15) is 10.6 Å². The topological polar surface area (TPSA) is 65.4 Å². The first-order valence-corrected chi connectivity index (χ1v) is 8.47. The van der Waals surface area contributed by atoms with Crippen LogP contribution in [0.4, 0.5) is 0 Å². The minimum absolute atomic E-state index is 0.0585. The molecule has 0 aliphatic heterocycles. The zero-order valence-corrected chi connectivity index (χ0v) is 12.4. The van der Waals surface area contributed by atoms with Gasteiger partial charge in [-0.15, -0.1) is 0 Å². The molecule has 1 aromatic rings. The Bertz CT molecular complexity index is 587. The van der Waals surface area contributed by atoms with Gasteiger partial charge in [0.25, 0.3) is 9.05 Å². The molecular formula is C12H16ClNO4S. The largest absolute Gasteiger partial charge is 0.458 e. The first-order chi connectivity index (χ1) is 8.79. The van der Waals surface area contributed by atoms with E-state index in [2.05, 4.69) is 0 Å². The average Bonchev–Trinajstić information content (AvgIpc) is 2.57. The Hall–Kier alpha value is -1.01. The average molecular weight is 306 g/mol. The van der Waals surface area contributed by atoms with Gasteiger partial charge in [-0.3, -0.25) is 0 Å². The summed E-state index contributed by atoms with van der Waals surface area (Å²) in [6.45, 7) is 3.49. The highest BCUT2D eigenvalue weighted by Crippen LogP contribution is 2.34. The van der Waals surface area contributed by atoms with E-state index < -0.39 is 15.0 Å². The van der Waals surface area contributed by atoms with Crippen molar-refractivity contribution in [3.8, 4) is 0 Å². The standard InChI is InChI=1S/C12H16ClNO4S/c1-8(2)18-12(15)11-6-10(19(13,16)17)7-14(11)9-4-3-5-9/h6-9H,3-5H2,1-2H3. The number of aromatic nitrogens is 1. The van der Waals surface area contributed by atoms with Crippen molar-refractivity contribution >= 4 is 25.7 Å². The van der Waals surface area contributed by atoms with E-state index in [0.717, 1.165) is 19.3 Å².